The normalized spacial score (nSPS) is 18.8. The fraction of sp³-hybridized carbons (Fsp3) is 0.379. The zero-order valence-electron chi connectivity index (χ0n) is 21.2. The molecular formula is C29H28ClF3N2O4. The molecule has 3 aromatic rings. The van der Waals surface area contributed by atoms with E-state index in [0.29, 0.717) is 31.6 Å². The maximum atomic E-state index is 13.1. The van der Waals surface area contributed by atoms with Crippen molar-refractivity contribution in [3.05, 3.63) is 70.4 Å². The SMILES string of the molecule is COc1ccc2nccc(C(O)CC[C@@H]3CCN(CC#Cc4ccc(Cl)c(C(F)(F)F)c4)C[C@@H]3C(=O)O)c2c1. The van der Waals surface area contributed by atoms with Gasteiger partial charge in [0.05, 0.1) is 41.8 Å². The molecule has 0 radical (unpaired) electrons. The number of carbonyl (C=O) groups is 1. The molecule has 1 aliphatic heterocycles. The minimum absolute atomic E-state index is 0.130. The summed E-state index contributed by atoms with van der Waals surface area (Å²) in [6.07, 6.45) is -2.20. The Bertz CT molecular complexity index is 1400. The number of aliphatic carboxylic acids is 1. The lowest BCUT2D eigenvalue weighted by atomic mass is 9.81. The van der Waals surface area contributed by atoms with E-state index in [1.165, 1.54) is 12.1 Å². The van der Waals surface area contributed by atoms with Crippen molar-refractivity contribution in [1.29, 1.82) is 0 Å². The fourth-order valence-corrected chi connectivity index (χ4v) is 5.23. The summed E-state index contributed by atoms with van der Waals surface area (Å²) in [5.41, 5.74) is 0.697. The summed E-state index contributed by atoms with van der Waals surface area (Å²) < 4.78 is 44.6. The lowest BCUT2D eigenvalue weighted by Gasteiger charge is -2.36. The molecule has 0 bridgehead atoms. The van der Waals surface area contributed by atoms with E-state index >= 15 is 0 Å². The Morgan fingerprint density at radius 2 is 2.05 bits per heavy atom. The number of halogens is 4. The van der Waals surface area contributed by atoms with Crippen molar-refractivity contribution in [3.8, 4) is 17.6 Å². The van der Waals surface area contributed by atoms with Gasteiger partial charge in [0.15, 0.2) is 0 Å². The largest absolute Gasteiger partial charge is 0.497 e. The van der Waals surface area contributed by atoms with Gasteiger partial charge in [0.1, 0.15) is 5.75 Å². The predicted molar refractivity (Wildman–Crippen MR) is 141 cm³/mol. The van der Waals surface area contributed by atoms with Crippen molar-refractivity contribution in [3.63, 3.8) is 0 Å². The zero-order chi connectivity index (χ0) is 28.2. The number of ether oxygens (including phenoxy) is 1. The minimum atomic E-state index is -4.57. The Morgan fingerprint density at radius 1 is 1.26 bits per heavy atom. The lowest BCUT2D eigenvalue weighted by Crippen LogP contribution is -2.44. The van der Waals surface area contributed by atoms with Gasteiger partial charge < -0.3 is 14.9 Å². The van der Waals surface area contributed by atoms with Crippen molar-refractivity contribution >= 4 is 28.5 Å². The molecule has 4 rings (SSSR count). The Hall–Kier alpha value is -3.32. The molecule has 6 nitrogen and oxygen atoms in total. The van der Waals surface area contributed by atoms with Crippen molar-refractivity contribution < 1.29 is 32.9 Å². The van der Waals surface area contributed by atoms with E-state index in [-0.39, 0.29) is 29.6 Å². The number of benzene rings is 2. The molecule has 0 saturated carbocycles. The summed E-state index contributed by atoms with van der Waals surface area (Å²) in [6, 6.07) is 10.7. The van der Waals surface area contributed by atoms with Crippen LogP contribution in [0.4, 0.5) is 13.2 Å². The third kappa shape index (κ3) is 7.01. The molecule has 0 spiro atoms. The van der Waals surface area contributed by atoms with Crippen LogP contribution in [-0.4, -0.2) is 52.8 Å². The summed E-state index contributed by atoms with van der Waals surface area (Å²) in [6.45, 7) is 1.10. The second kappa shape index (κ2) is 12.2. The van der Waals surface area contributed by atoms with Crippen LogP contribution in [0.3, 0.4) is 0 Å². The number of aromatic nitrogens is 1. The Labute approximate surface area is 229 Å². The van der Waals surface area contributed by atoms with E-state index in [2.05, 4.69) is 16.8 Å². The van der Waals surface area contributed by atoms with E-state index in [4.69, 9.17) is 16.3 Å². The van der Waals surface area contributed by atoms with Crippen molar-refractivity contribution in [2.24, 2.45) is 11.8 Å². The first kappa shape index (κ1) is 28.7. The maximum Gasteiger partial charge on any atom is 0.417 e. The number of hydrogen-bond donors (Lipinski definition) is 2. The number of aliphatic hydroxyl groups is 1. The van der Waals surface area contributed by atoms with Gasteiger partial charge in [-0.25, -0.2) is 0 Å². The van der Waals surface area contributed by atoms with Crippen molar-refractivity contribution in [2.45, 2.75) is 31.5 Å². The van der Waals surface area contributed by atoms with E-state index in [0.717, 1.165) is 22.5 Å². The smallest absolute Gasteiger partial charge is 0.417 e. The highest BCUT2D eigenvalue weighted by atomic mass is 35.5. The molecule has 0 aliphatic carbocycles. The number of hydrogen-bond acceptors (Lipinski definition) is 5. The van der Waals surface area contributed by atoms with Gasteiger partial charge in [-0.2, -0.15) is 13.2 Å². The molecule has 10 heteroatoms. The van der Waals surface area contributed by atoms with Gasteiger partial charge in [-0.1, -0.05) is 23.4 Å². The summed E-state index contributed by atoms with van der Waals surface area (Å²) >= 11 is 5.66. The molecule has 1 aliphatic rings. The number of nitrogens with zero attached hydrogens (tertiary/aromatic N) is 2. The highest BCUT2D eigenvalue weighted by molar-refractivity contribution is 6.31. The quantitative estimate of drug-likeness (QED) is 0.355. The average molecular weight is 561 g/mol. The summed E-state index contributed by atoms with van der Waals surface area (Å²) in [5.74, 6) is 4.54. The van der Waals surface area contributed by atoms with E-state index in [1.807, 2.05) is 17.0 Å². The number of carboxylic acid groups (broad SMARTS) is 1. The van der Waals surface area contributed by atoms with Crippen LogP contribution >= 0.6 is 11.6 Å². The first-order valence-electron chi connectivity index (χ1n) is 12.5. The number of methoxy groups -OCH3 is 1. The first-order valence-corrected chi connectivity index (χ1v) is 12.9. The van der Waals surface area contributed by atoms with Gasteiger partial charge in [-0.15, -0.1) is 0 Å². The number of rotatable bonds is 7. The van der Waals surface area contributed by atoms with Crippen LogP contribution in [-0.2, 0) is 11.0 Å². The van der Waals surface area contributed by atoms with E-state index in [1.54, 1.807) is 25.4 Å². The van der Waals surface area contributed by atoms with Crippen LogP contribution in [0.5, 0.6) is 5.75 Å². The second-order valence-electron chi connectivity index (χ2n) is 9.60. The van der Waals surface area contributed by atoms with E-state index < -0.39 is 29.7 Å². The maximum absolute atomic E-state index is 13.1. The Morgan fingerprint density at radius 3 is 2.77 bits per heavy atom. The average Bonchev–Trinajstić information content (AvgIpc) is 2.91. The topological polar surface area (TPSA) is 82.9 Å². The Balaban J connectivity index is 1.38. The van der Waals surface area contributed by atoms with Gasteiger partial charge in [0, 0.05) is 23.7 Å². The molecule has 3 atom stereocenters. The molecule has 1 unspecified atom stereocenters. The first-order chi connectivity index (χ1) is 18.6. The van der Waals surface area contributed by atoms with Crippen molar-refractivity contribution in [1.82, 2.24) is 9.88 Å². The summed E-state index contributed by atoms with van der Waals surface area (Å²) in [7, 11) is 1.57. The number of fused-ring (bicyclic) bond motifs is 1. The number of likely N-dealkylation sites (tertiary alicyclic amines) is 1. The lowest BCUT2D eigenvalue weighted by molar-refractivity contribution is -0.146. The third-order valence-electron chi connectivity index (χ3n) is 7.12. The highest BCUT2D eigenvalue weighted by Gasteiger charge is 2.35. The van der Waals surface area contributed by atoms with Crippen LogP contribution in [0.2, 0.25) is 5.02 Å². The van der Waals surface area contributed by atoms with Crippen LogP contribution in [0.1, 0.15) is 42.1 Å². The molecule has 0 amide bonds. The molecule has 2 aromatic carbocycles. The number of carboxylic acids is 1. The number of piperidine rings is 1. The minimum Gasteiger partial charge on any atom is -0.497 e. The number of pyridine rings is 1. The van der Waals surface area contributed by atoms with Crippen LogP contribution in [0.25, 0.3) is 10.9 Å². The molecule has 2 heterocycles. The van der Waals surface area contributed by atoms with Gasteiger partial charge in [-0.05, 0) is 79.8 Å². The predicted octanol–water partition coefficient (Wildman–Crippen LogP) is 5.80. The molecule has 2 N–H and O–H groups in total. The number of alkyl halides is 3. The second-order valence-corrected chi connectivity index (χ2v) is 10.0. The van der Waals surface area contributed by atoms with Gasteiger partial charge in [0.25, 0.3) is 0 Å². The molecule has 1 aromatic heterocycles. The summed E-state index contributed by atoms with van der Waals surface area (Å²) in [4.78, 5) is 18.3. The molecule has 1 saturated heterocycles. The monoisotopic (exact) mass is 560 g/mol. The third-order valence-corrected chi connectivity index (χ3v) is 7.45. The highest BCUT2D eigenvalue weighted by Crippen LogP contribution is 2.35. The van der Waals surface area contributed by atoms with Gasteiger partial charge in [0.2, 0.25) is 0 Å². The van der Waals surface area contributed by atoms with E-state index in [9.17, 15) is 28.2 Å². The van der Waals surface area contributed by atoms with Gasteiger partial charge in [-0.3, -0.25) is 14.7 Å². The molecular weight excluding hydrogens is 533 g/mol. The zero-order valence-corrected chi connectivity index (χ0v) is 22.0. The molecule has 206 valence electrons. The van der Waals surface area contributed by atoms with Crippen LogP contribution < -0.4 is 4.74 Å². The van der Waals surface area contributed by atoms with Crippen molar-refractivity contribution in [2.75, 3.05) is 26.7 Å². The Kier molecular flexibility index (Phi) is 9.01. The molecule has 1 fully saturated rings. The summed E-state index contributed by atoms with van der Waals surface area (Å²) in [5, 5.41) is 21.3. The standard InChI is InChI=1S/C29H28ClF3N2O4/c1-39-20-6-8-26-22(16-20)21(10-12-34-26)27(36)9-5-19-11-14-35(17-23(19)28(37)38)13-2-3-18-4-7-25(30)24(15-18)29(31,32)33/h4,6-8,10,12,15-16,19,23,27,36H,5,9,11,13-14,17H2,1H3,(H,37,38)/t19-,23+,27?/m1/s1. The van der Waals surface area contributed by atoms with Crippen LogP contribution in [0.15, 0.2) is 48.7 Å². The van der Waals surface area contributed by atoms with Crippen LogP contribution in [0, 0.1) is 23.7 Å². The van der Waals surface area contributed by atoms with Gasteiger partial charge >= 0.3 is 12.1 Å². The number of aliphatic hydroxyl groups excluding tert-OH is 1. The molecule has 39 heavy (non-hydrogen) atoms. The fourth-order valence-electron chi connectivity index (χ4n) is 5.00.